The number of hydrogen-bond acceptors (Lipinski definition) is 4. The first-order valence-corrected chi connectivity index (χ1v) is 7.84. The molecule has 7 heteroatoms. The molecule has 1 aromatic heterocycles. The van der Waals surface area contributed by atoms with Gasteiger partial charge in [-0.2, -0.15) is 0 Å². The van der Waals surface area contributed by atoms with Crippen molar-refractivity contribution in [1.82, 2.24) is 9.71 Å². The van der Waals surface area contributed by atoms with E-state index in [-0.39, 0.29) is 22.6 Å². The zero-order chi connectivity index (χ0) is 15.5. The summed E-state index contributed by atoms with van der Waals surface area (Å²) < 4.78 is 39.7. The van der Waals surface area contributed by atoms with Crippen LogP contribution in [-0.4, -0.2) is 19.4 Å². The molecule has 3 N–H and O–H groups in total. The molecule has 2 aromatic rings. The van der Waals surface area contributed by atoms with Crippen molar-refractivity contribution in [2.24, 2.45) is 0 Å². The maximum absolute atomic E-state index is 12.8. The number of aromatic nitrogens is 1. The number of nitrogen functional groups attached to an aromatic ring is 1. The number of nitrogens with two attached hydrogens (primary N) is 1. The molecule has 0 aliphatic carbocycles. The molecule has 0 saturated carbocycles. The van der Waals surface area contributed by atoms with Crippen molar-refractivity contribution in [2.45, 2.75) is 24.4 Å². The van der Waals surface area contributed by atoms with Gasteiger partial charge in [-0.1, -0.05) is 12.1 Å². The Hall–Kier alpha value is -1.99. The summed E-state index contributed by atoms with van der Waals surface area (Å²) in [5, 5.41) is -0.184. The van der Waals surface area contributed by atoms with Gasteiger partial charge in [-0.3, -0.25) is 0 Å². The number of hydrogen-bond donors (Lipinski definition) is 2. The molecule has 1 aromatic carbocycles. The van der Waals surface area contributed by atoms with E-state index < -0.39 is 10.0 Å². The summed E-state index contributed by atoms with van der Waals surface area (Å²) in [6, 6.07) is 8.59. The monoisotopic (exact) mass is 309 g/mol. The van der Waals surface area contributed by atoms with Crippen LogP contribution in [0, 0.1) is 5.82 Å². The largest absolute Gasteiger partial charge is 0.396 e. The molecular formula is C14H16FN3O2S. The Kier molecular flexibility index (Phi) is 4.54. The summed E-state index contributed by atoms with van der Waals surface area (Å²) in [6.45, 7) is 1.72. The van der Waals surface area contributed by atoms with Gasteiger partial charge in [-0.25, -0.2) is 22.5 Å². The van der Waals surface area contributed by atoms with Crippen LogP contribution in [0.4, 0.5) is 10.1 Å². The van der Waals surface area contributed by atoms with Crippen molar-refractivity contribution >= 4 is 15.7 Å². The highest BCUT2D eigenvalue weighted by Crippen LogP contribution is 2.15. The summed E-state index contributed by atoms with van der Waals surface area (Å²) in [4.78, 5) is 3.80. The molecule has 0 radical (unpaired) electrons. The second kappa shape index (κ2) is 6.19. The van der Waals surface area contributed by atoms with Crippen molar-refractivity contribution in [2.75, 3.05) is 5.73 Å². The highest BCUT2D eigenvalue weighted by Gasteiger charge is 2.21. The third-order valence-corrected chi connectivity index (χ3v) is 4.43. The van der Waals surface area contributed by atoms with Crippen LogP contribution in [0.25, 0.3) is 0 Å². The van der Waals surface area contributed by atoms with Gasteiger partial charge in [0.1, 0.15) is 5.82 Å². The number of nitrogens with one attached hydrogen (secondary N) is 1. The molecule has 1 atom stereocenters. The smallest absolute Gasteiger partial charge is 0.260 e. The van der Waals surface area contributed by atoms with Crippen molar-refractivity contribution in [3.8, 4) is 0 Å². The van der Waals surface area contributed by atoms with Crippen LogP contribution in [-0.2, 0) is 16.4 Å². The Labute approximate surface area is 123 Å². The molecule has 0 saturated heterocycles. The molecule has 0 aliphatic rings. The highest BCUT2D eigenvalue weighted by atomic mass is 32.2. The fourth-order valence-electron chi connectivity index (χ4n) is 1.96. The number of sulfonamides is 1. The number of pyridine rings is 1. The zero-order valence-corrected chi connectivity index (χ0v) is 12.3. The first-order valence-electron chi connectivity index (χ1n) is 6.36. The van der Waals surface area contributed by atoms with E-state index in [4.69, 9.17) is 5.73 Å². The van der Waals surface area contributed by atoms with E-state index in [1.54, 1.807) is 25.1 Å². The van der Waals surface area contributed by atoms with Crippen LogP contribution in [0.2, 0.25) is 0 Å². The number of rotatable bonds is 5. The molecule has 1 unspecified atom stereocenters. The minimum Gasteiger partial charge on any atom is -0.396 e. The summed E-state index contributed by atoms with van der Waals surface area (Å²) in [5.74, 6) is -0.326. The van der Waals surface area contributed by atoms with Crippen LogP contribution in [0.15, 0.2) is 47.6 Å². The molecule has 21 heavy (non-hydrogen) atoms. The van der Waals surface area contributed by atoms with Gasteiger partial charge in [0.15, 0.2) is 5.03 Å². The molecule has 5 nitrogen and oxygen atoms in total. The number of anilines is 1. The van der Waals surface area contributed by atoms with E-state index in [9.17, 15) is 12.8 Å². The first kappa shape index (κ1) is 15.4. The van der Waals surface area contributed by atoms with E-state index in [1.807, 2.05) is 0 Å². The molecule has 0 aliphatic heterocycles. The number of halogens is 1. The molecule has 1 heterocycles. The van der Waals surface area contributed by atoms with E-state index in [0.717, 1.165) is 5.56 Å². The summed E-state index contributed by atoms with van der Waals surface area (Å²) >= 11 is 0. The van der Waals surface area contributed by atoms with Crippen LogP contribution < -0.4 is 10.5 Å². The Morgan fingerprint density at radius 3 is 2.57 bits per heavy atom. The lowest BCUT2D eigenvalue weighted by molar-refractivity contribution is 0.556. The average Bonchev–Trinajstić information content (AvgIpc) is 2.41. The lowest BCUT2D eigenvalue weighted by atomic mass is 10.1. The fraction of sp³-hybridized carbons (Fsp3) is 0.214. The standard InChI is InChI=1S/C14H16FN3O2S/c1-10(9-11-4-6-12(15)7-5-11)18-21(19,20)14-13(16)3-2-8-17-14/h2-8,10,18H,9,16H2,1H3. The molecule has 112 valence electrons. The molecular weight excluding hydrogens is 293 g/mol. The Balaban J connectivity index is 2.10. The van der Waals surface area contributed by atoms with E-state index in [0.29, 0.717) is 6.42 Å². The van der Waals surface area contributed by atoms with Gasteiger partial charge in [-0.15, -0.1) is 0 Å². The van der Waals surface area contributed by atoms with Crippen molar-refractivity contribution in [3.05, 3.63) is 54.0 Å². The fourth-order valence-corrected chi connectivity index (χ4v) is 3.27. The van der Waals surface area contributed by atoms with Gasteiger partial charge in [0.25, 0.3) is 10.0 Å². The lowest BCUT2D eigenvalue weighted by Crippen LogP contribution is -2.35. The van der Waals surface area contributed by atoms with E-state index >= 15 is 0 Å². The summed E-state index contributed by atoms with van der Waals surface area (Å²) in [6.07, 6.45) is 1.81. The number of benzene rings is 1. The van der Waals surface area contributed by atoms with Gasteiger partial charge in [0, 0.05) is 12.2 Å². The normalized spacial score (nSPS) is 13.0. The summed E-state index contributed by atoms with van der Waals surface area (Å²) in [5.41, 5.74) is 6.56. The Morgan fingerprint density at radius 1 is 1.29 bits per heavy atom. The van der Waals surface area contributed by atoms with Crippen LogP contribution >= 0.6 is 0 Å². The van der Waals surface area contributed by atoms with Crippen molar-refractivity contribution in [3.63, 3.8) is 0 Å². The lowest BCUT2D eigenvalue weighted by Gasteiger charge is -2.14. The average molecular weight is 309 g/mol. The van der Waals surface area contributed by atoms with E-state index in [2.05, 4.69) is 9.71 Å². The quantitative estimate of drug-likeness (QED) is 0.880. The van der Waals surface area contributed by atoms with E-state index in [1.165, 1.54) is 24.4 Å². The Morgan fingerprint density at radius 2 is 1.95 bits per heavy atom. The predicted molar refractivity (Wildman–Crippen MR) is 78.5 cm³/mol. The zero-order valence-electron chi connectivity index (χ0n) is 11.5. The van der Waals surface area contributed by atoms with Crippen LogP contribution in [0.1, 0.15) is 12.5 Å². The summed E-state index contributed by atoms with van der Waals surface area (Å²) in [7, 11) is -3.78. The maximum Gasteiger partial charge on any atom is 0.260 e. The van der Waals surface area contributed by atoms with Crippen LogP contribution in [0.3, 0.4) is 0 Å². The van der Waals surface area contributed by atoms with Gasteiger partial charge >= 0.3 is 0 Å². The number of nitrogens with zero attached hydrogens (tertiary/aromatic N) is 1. The van der Waals surface area contributed by atoms with Gasteiger partial charge in [0.2, 0.25) is 0 Å². The molecule has 0 bridgehead atoms. The third kappa shape index (κ3) is 3.99. The topological polar surface area (TPSA) is 85.1 Å². The van der Waals surface area contributed by atoms with Crippen LogP contribution in [0.5, 0.6) is 0 Å². The highest BCUT2D eigenvalue weighted by molar-refractivity contribution is 7.89. The van der Waals surface area contributed by atoms with Gasteiger partial charge < -0.3 is 5.73 Å². The molecule has 0 fully saturated rings. The maximum atomic E-state index is 12.8. The molecule has 2 rings (SSSR count). The molecule has 0 amide bonds. The van der Waals surface area contributed by atoms with Crippen molar-refractivity contribution in [1.29, 1.82) is 0 Å². The van der Waals surface area contributed by atoms with Gasteiger partial charge in [-0.05, 0) is 43.2 Å². The predicted octanol–water partition coefficient (Wildman–Crippen LogP) is 1.71. The minimum absolute atomic E-state index is 0.0963. The second-order valence-electron chi connectivity index (χ2n) is 4.75. The third-order valence-electron chi connectivity index (χ3n) is 2.87. The SMILES string of the molecule is CC(Cc1ccc(F)cc1)NS(=O)(=O)c1ncccc1N. The first-order chi connectivity index (χ1) is 9.88. The van der Waals surface area contributed by atoms with Gasteiger partial charge in [0.05, 0.1) is 5.69 Å². The minimum atomic E-state index is -3.78. The Bertz CT molecular complexity index is 717. The van der Waals surface area contributed by atoms with Crippen molar-refractivity contribution < 1.29 is 12.8 Å². The second-order valence-corrected chi connectivity index (χ2v) is 6.38. The molecule has 0 spiro atoms.